The number of methoxy groups -OCH3 is 1. The molecule has 0 saturated heterocycles. The van der Waals surface area contributed by atoms with E-state index in [4.69, 9.17) is 4.74 Å². The van der Waals surface area contributed by atoms with Crippen molar-refractivity contribution >= 4 is 29.1 Å². The van der Waals surface area contributed by atoms with Gasteiger partial charge in [0.05, 0.1) is 12.1 Å². The molecule has 0 fully saturated rings. The predicted octanol–water partition coefficient (Wildman–Crippen LogP) is 0.613. The van der Waals surface area contributed by atoms with Crippen LogP contribution in [-0.4, -0.2) is 44.5 Å². The Morgan fingerprint density at radius 2 is 2.04 bits per heavy atom. The van der Waals surface area contributed by atoms with E-state index in [9.17, 15) is 14.4 Å². The van der Waals surface area contributed by atoms with Gasteiger partial charge in [-0.3, -0.25) is 14.4 Å². The summed E-state index contributed by atoms with van der Waals surface area (Å²) in [6, 6.07) is 3.65. The van der Waals surface area contributed by atoms with Crippen LogP contribution in [0.2, 0.25) is 0 Å². The summed E-state index contributed by atoms with van der Waals surface area (Å²) in [4.78, 5) is 37.6. The van der Waals surface area contributed by atoms with Crippen molar-refractivity contribution < 1.29 is 19.1 Å². The van der Waals surface area contributed by atoms with Gasteiger partial charge in [-0.05, 0) is 42.5 Å². The van der Waals surface area contributed by atoms with Gasteiger partial charge in [-0.25, -0.2) is 0 Å². The molecule has 24 heavy (non-hydrogen) atoms. The highest BCUT2D eigenvalue weighted by atomic mass is 16.5. The summed E-state index contributed by atoms with van der Waals surface area (Å²) in [5.41, 5.74) is 3.54. The number of aryl methyl sites for hydroxylation is 1. The van der Waals surface area contributed by atoms with Crippen molar-refractivity contribution in [2.75, 3.05) is 37.0 Å². The molecule has 2 heterocycles. The maximum absolute atomic E-state index is 12.0. The molecule has 3 rings (SSSR count). The van der Waals surface area contributed by atoms with Gasteiger partial charge in [-0.2, -0.15) is 0 Å². The van der Waals surface area contributed by atoms with Crippen molar-refractivity contribution in [3.8, 4) is 0 Å². The van der Waals surface area contributed by atoms with Crippen LogP contribution < -0.4 is 15.5 Å². The number of nitrogens with one attached hydrogen (secondary N) is 2. The van der Waals surface area contributed by atoms with E-state index in [-0.39, 0.29) is 5.91 Å². The molecule has 3 amide bonds. The minimum Gasteiger partial charge on any atom is -0.385 e. The number of ether oxygens (including phenoxy) is 1. The highest BCUT2D eigenvalue weighted by molar-refractivity contribution is 6.39. The zero-order valence-corrected chi connectivity index (χ0v) is 13.7. The molecule has 0 unspecified atom stereocenters. The molecule has 0 saturated carbocycles. The number of hydrogen-bond donors (Lipinski definition) is 2. The normalized spacial score (nSPS) is 15.2. The number of rotatable bonds is 5. The molecular formula is C17H21N3O4. The Hall–Kier alpha value is -2.41. The number of carbonyl (C=O) groups excluding carboxylic acids is 3. The smallest absolute Gasteiger partial charge is 0.313 e. The van der Waals surface area contributed by atoms with Crippen molar-refractivity contribution in [1.82, 2.24) is 5.32 Å². The van der Waals surface area contributed by atoms with Gasteiger partial charge < -0.3 is 20.3 Å². The van der Waals surface area contributed by atoms with Crippen LogP contribution in [0, 0.1) is 0 Å². The molecule has 2 aliphatic rings. The zero-order chi connectivity index (χ0) is 17.1. The lowest BCUT2D eigenvalue weighted by molar-refractivity contribution is -0.136. The fourth-order valence-electron chi connectivity index (χ4n) is 3.24. The molecule has 7 nitrogen and oxygen atoms in total. The quantitative estimate of drug-likeness (QED) is 0.611. The van der Waals surface area contributed by atoms with Crippen molar-refractivity contribution in [2.45, 2.75) is 25.7 Å². The number of carbonyl (C=O) groups is 3. The van der Waals surface area contributed by atoms with E-state index in [2.05, 4.69) is 10.6 Å². The second-order valence-corrected chi connectivity index (χ2v) is 6.03. The van der Waals surface area contributed by atoms with Crippen molar-refractivity contribution in [1.29, 1.82) is 0 Å². The van der Waals surface area contributed by atoms with E-state index < -0.39 is 11.8 Å². The summed E-state index contributed by atoms with van der Waals surface area (Å²) < 4.78 is 4.89. The van der Waals surface area contributed by atoms with Crippen LogP contribution in [0.25, 0.3) is 0 Å². The summed E-state index contributed by atoms with van der Waals surface area (Å²) in [7, 11) is 1.58. The number of nitrogens with zero attached hydrogens (tertiary/aromatic N) is 1. The Bertz CT molecular complexity index is 687. The molecule has 0 atom stereocenters. The maximum atomic E-state index is 12.0. The predicted molar refractivity (Wildman–Crippen MR) is 89.0 cm³/mol. The average Bonchev–Trinajstić information content (AvgIpc) is 2.89. The molecular weight excluding hydrogens is 310 g/mol. The molecule has 0 spiro atoms. The first-order valence-corrected chi connectivity index (χ1v) is 8.14. The highest BCUT2D eigenvalue weighted by Gasteiger charge is 2.32. The van der Waals surface area contributed by atoms with E-state index in [1.165, 1.54) is 0 Å². The maximum Gasteiger partial charge on any atom is 0.313 e. The summed E-state index contributed by atoms with van der Waals surface area (Å²) >= 11 is 0. The molecule has 0 radical (unpaired) electrons. The van der Waals surface area contributed by atoms with E-state index in [0.29, 0.717) is 31.7 Å². The van der Waals surface area contributed by atoms with E-state index in [1.807, 2.05) is 11.0 Å². The minimum atomic E-state index is -0.698. The molecule has 0 aliphatic carbocycles. The third-order valence-electron chi connectivity index (χ3n) is 4.28. The third kappa shape index (κ3) is 3.26. The molecule has 0 bridgehead atoms. The summed E-state index contributed by atoms with van der Waals surface area (Å²) in [5.74, 6) is -1.26. The van der Waals surface area contributed by atoms with Gasteiger partial charge in [0.2, 0.25) is 5.91 Å². The van der Waals surface area contributed by atoms with Crippen molar-refractivity contribution in [3.63, 3.8) is 0 Å². The second-order valence-electron chi connectivity index (χ2n) is 6.03. The lowest BCUT2D eigenvalue weighted by Crippen LogP contribution is -2.36. The van der Waals surface area contributed by atoms with E-state index >= 15 is 0 Å². The molecule has 0 aromatic heterocycles. The van der Waals surface area contributed by atoms with Crippen molar-refractivity contribution in [2.24, 2.45) is 0 Å². The van der Waals surface area contributed by atoms with Crippen LogP contribution in [0.5, 0.6) is 0 Å². The largest absolute Gasteiger partial charge is 0.385 e. The second kappa shape index (κ2) is 7.00. The molecule has 1 aromatic rings. The van der Waals surface area contributed by atoms with Gasteiger partial charge in [0.25, 0.3) is 0 Å². The first-order valence-electron chi connectivity index (χ1n) is 8.14. The Labute approximate surface area is 140 Å². The van der Waals surface area contributed by atoms with Gasteiger partial charge in [0.1, 0.15) is 0 Å². The monoisotopic (exact) mass is 331 g/mol. The molecule has 128 valence electrons. The number of anilines is 2. The Morgan fingerprint density at radius 1 is 1.25 bits per heavy atom. The highest BCUT2D eigenvalue weighted by Crippen LogP contribution is 2.38. The zero-order valence-electron chi connectivity index (χ0n) is 13.7. The Kier molecular flexibility index (Phi) is 4.80. The fourth-order valence-corrected chi connectivity index (χ4v) is 3.24. The molecule has 2 N–H and O–H groups in total. The Balaban J connectivity index is 1.66. The van der Waals surface area contributed by atoms with Gasteiger partial charge in [-0.1, -0.05) is 0 Å². The topological polar surface area (TPSA) is 87.7 Å². The van der Waals surface area contributed by atoms with Crippen LogP contribution in [0.3, 0.4) is 0 Å². The van der Waals surface area contributed by atoms with E-state index in [1.54, 1.807) is 13.2 Å². The van der Waals surface area contributed by atoms with Crippen LogP contribution >= 0.6 is 0 Å². The standard InChI is InChI=1S/C17H21N3O4/c1-24-7-3-5-18-16(22)17(23)19-13-8-11-4-2-6-20-14(21)10-12(9-13)15(11)20/h8-9H,2-7,10H2,1H3,(H,18,22)(H,19,23). The van der Waals surface area contributed by atoms with Crippen LogP contribution in [0.4, 0.5) is 11.4 Å². The van der Waals surface area contributed by atoms with Gasteiger partial charge in [0, 0.05) is 32.5 Å². The van der Waals surface area contributed by atoms with Crippen LogP contribution in [-0.2, 0) is 32.0 Å². The molecule has 7 heteroatoms. The fraction of sp³-hybridized carbons (Fsp3) is 0.471. The average molecular weight is 331 g/mol. The van der Waals surface area contributed by atoms with Crippen molar-refractivity contribution in [3.05, 3.63) is 23.3 Å². The summed E-state index contributed by atoms with van der Waals surface area (Å²) in [5, 5.41) is 5.18. The van der Waals surface area contributed by atoms with Crippen LogP contribution in [0.1, 0.15) is 24.0 Å². The van der Waals surface area contributed by atoms with Gasteiger partial charge >= 0.3 is 11.8 Å². The lowest BCUT2D eigenvalue weighted by Gasteiger charge is -2.26. The summed E-state index contributed by atoms with van der Waals surface area (Å²) in [6.07, 6.45) is 2.79. The lowest BCUT2D eigenvalue weighted by atomic mass is 9.99. The number of benzene rings is 1. The number of amides is 3. The Morgan fingerprint density at radius 3 is 2.83 bits per heavy atom. The van der Waals surface area contributed by atoms with E-state index in [0.717, 1.165) is 36.2 Å². The molecule has 2 aliphatic heterocycles. The number of hydrogen-bond acceptors (Lipinski definition) is 4. The summed E-state index contributed by atoms with van der Waals surface area (Å²) in [6.45, 7) is 1.67. The third-order valence-corrected chi connectivity index (χ3v) is 4.28. The molecule has 1 aromatic carbocycles. The SMILES string of the molecule is COCCCNC(=O)C(=O)Nc1cc2c3c(c1)CC(=O)N3CCC2. The van der Waals surface area contributed by atoms with Crippen LogP contribution in [0.15, 0.2) is 12.1 Å². The minimum absolute atomic E-state index is 0.102. The van der Waals surface area contributed by atoms with Gasteiger partial charge in [0.15, 0.2) is 0 Å². The van der Waals surface area contributed by atoms with Gasteiger partial charge in [-0.15, -0.1) is 0 Å². The first kappa shape index (κ1) is 16.4. The first-order chi connectivity index (χ1) is 11.6.